The summed E-state index contributed by atoms with van der Waals surface area (Å²) in [4.78, 5) is 15.0. The fourth-order valence-electron chi connectivity index (χ4n) is 3.35. The number of fused-ring (bicyclic) bond motifs is 2. The minimum atomic E-state index is -0.390. The van der Waals surface area contributed by atoms with E-state index >= 15 is 0 Å². The standard InChI is InChI=1S/C22H19NO3/c1-23(14-15-10-12-16(24)13-11-15)22(25)21-17-6-2-4-8-19(17)26-20-9-5-3-7-18(20)21/h2-13,21,24H,14H2,1H3. The van der Waals surface area contributed by atoms with Crippen molar-refractivity contribution in [2.75, 3.05) is 7.05 Å². The van der Waals surface area contributed by atoms with Crippen LogP contribution in [0.5, 0.6) is 17.2 Å². The molecule has 0 saturated carbocycles. The predicted molar refractivity (Wildman–Crippen MR) is 99.4 cm³/mol. The lowest BCUT2D eigenvalue weighted by Gasteiger charge is -2.30. The topological polar surface area (TPSA) is 49.8 Å². The molecule has 4 nitrogen and oxygen atoms in total. The van der Waals surface area contributed by atoms with E-state index in [4.69, 9.17) is 4.74 Å². The highest BCUT2D eigenvalue weighted by Gasteiger charge is 2.34. The molecule has 1 aliphatic heterocycles. The molecule has 0 fully saturated rings. The Balaban J connectivity index is 1.68. The average Bonchev–Trinajstić information content (AvgIpc) is 2.67. The number of phenolic OH excluding ortho intramolecular Hbond substituents is 1. The fourth-order valence-corrected chi connectivity index (χ4v) is 3.35. The maximum Gasteiger partial charge on any atom is 0.234 e. The molecule has 0 atom stereocenters. The number of carbonyl (C=O) groups excluding carboxylic acids is 1. The monoisotopic (exact) mass is 345 g/mol. The maximum atomic E-state index is 13.3. The van der Waals surface area contributed by atoms with E-state index in [1.54, 1.807) is 24.1 Å². The number of hydrogen-bond donors (Lipinski definition) is 1. The Morgan fingerprint density at radius 3 is 2.04 bits per heavy atom. The van der Waals surface area contributed by atoms with Crippen molar-refractivity contribution in [1.82, 2.24) is 4.90 Å². The summed E-state index contributed by atoms with van der Waals surface area (Å²) >= 11 is 0. The van der Waals surface area contributed by atoms with E-state index in [0.717, 1.165) is 28.2 Å². The highest BCUT2D eigenvalue weighted by Crippen LogP contribution is 2.44. The highest BCUT2D eigenvalue weighted by molar-refractivity contribution is 5.89. The maximum absolute atomic E-state index is 13.3. The Bertz CT molecular complexity index is 904. The quantitative estimate of drug-likeness (QED) is 0.770. The summed E-state index contributed by atoms with van der Waals surface area (Å²) in [5.74, 6) is 1.29. The van der Waals surface area contributed by atoms with Crippen LogP contribution in [0.25, 0.3) is 0 Å². The Labute approximate surface area is 152 Å². The minimum Gasteiger partial charge on any atom is -0.508 e. The molecule has 0 saturated heterocycles. The van der Waals surface area contributed by atoms with Crippen LogP contribution in [0.3, 0.4) is 0 Å². The number of ether oxygens (including phenoxy) is 1. The third kappa shape index (κ3) is 2.90. The molecule has 3 aromatic rings. The normalized spacial score (nSPS) is 12.7. The van der Waals surface area contributed by atoms with Gasteiger partial charge in [0.15, 0.2) is 0 Å². The van der Waals surface area contributed by atoms with Crippen molar-refractivity contribution >= 4 is 5.91 Å². The largest absolute Gasteiger partial charge is 0.508 e. The van der Waals surface area contributed by atoms with Gasteiger partial charge in [0.2, 0.25) is 5.91 Å². The van der Waals surface area contributed by atoms with Gasteiger partial charge in [-0.25, -0.2) is 0 Å². The molecule has 3 aromatic carbocycles. The van der Waals surface area contributed by atoms with Crippen molar-refractivity contribution < 1.29 is 14.6 Å². The van der Waals surface area contributed by atoms with Crippen LogP contribution in [0.4, 0.5) is 0 Å². The molecule has 1 N–H and O–H groups in total. The highest BCUT2D eigenvalue weighted by atomic mass is 16.5. The summed E-state index contributed by atoms with van der Waals surface area (Å²) < 4.78 is 5.97. The number of aromatic hydroxyl groups is 1. The first-order valence-electron chi connectivity index (χ1n) is 8.52. The van der Waals surface area contributed by atoms with Crippen LogP contribution >= 0.6 is 0 Å². The van der Waals surface area contributed by atoms with Gasteiger partial charge < -0.3 is 14.7 Å². The van der Waals surface area contributed by atoms with Gasteiger partial charge in [0.25, 0.3) is 0 Å². The zero-order valence-electron chi connectivity index (χ0n) is 14.4. The minimum absolute atomic E-state index is 0.0151. The Morgan fingerprint density at radius 2 is 1.46 bits per heavy atom. The molecule has 0 aromatic heterocycles. The van der Waals surface area contributed by atoms with E-state index in [-0.39, 0.29) is 11.7 Å². The van der Waals surface area contributed by atoms with Crippen LogP contribution in [-0.4, -0.2) is 23.0 Å². The molecule has 1 heterocycles. The van der Waals surface area contributed by atoms with Crippen molar-refractivity contribution in [3.8, 4) is 17.2 Å². The van der Waals surface area contributed by atoms with Gasteiger partial charge in [0.05, 0.1) is 5.92 Å². The lowest BCUT2D eigenvalue weighted by molar-refractivity contribution is -0.131. The summed E-state index contributed by atoms with van der Waals surface area (Å²) in [5, 5.41) is 9.43. The van der Waals surface area contributed by atoms with E-state index < -0.39 is 5.92 Å². The summed E-state index contributed by atoms with van der Waals surface area (Å²) in [6, 6.07) is 22.3. The lowest BCUT2D eigenvalue weighted by Crippen LogP contribution is -2.33. The van der Waals surface area contributed by atoms with Gasteiger partial charge in [-0.3, -0.25) is 4.79 Å². The number of carbonyl (C=O) groups is 1. The molecule has 4 rings (SSSR count). The number of hydrogen-bond acceptors (Lipinski definition) is 3. The molecule has 1 aliphatic rings. The smallest absolute Gasteiger partial charge is 0.234 e. The van der Waals surface area contributed by atoms with E-state index in [9.17, 15) is 9.90 Å². The second-order valence-corrected chi connectivity index (χ2v) is 6.47. The molecule has 130 valence electrons. The van der Waals surface area contributed by atoms with Crippen LogP contribution in [-0.2, 0) is 11.3 Å². The van der Waals surface area contributed by atoms with Crippen molar-refractivity contribution in [2.45, 2.75) is 12.5 Å². The number of rotatable bonds is 3. The van der Waals surface area contributed by atoms with E-state index in [0.29, 0.717) is 6.54 Å². The molecule has 26 heavy (non-hydrogen) atoms. The molecule has 0 spiro atoms. The Hall–Kier alpha value is -3.27. The van der Waals surface area contributed by atoms with Crippen LogP contribution < -0.4 is 4.74 Å². The molecular weight excluding hydrogens is 326 g/mol. The van der Waals surface area contributed by atoms with Gasteiger partial charge in [0.1, 0.15) is 17.2 Å². The number of amides is 1. The molecule has 0 radical (unpaired) electrons. The summed E-state index contributed by atoms with van der Waals surface area (Å²) in [5.41, 5.74) is 2.73. The Morgan fingerprint density at radius 1 is 0.923 bits per heavy atom. The van der Waals surface area contributed by atoms with Crippen LogP contribution in [0.2, 0.25) is 0 Å². The van der Waals surface area contributed by atoms with E-state index in [1.807, 2.05) is 60.7 Å². The number of benzene rings is 3. The van der Waals surface area contributed by atoms with Crippen LogP contribution in [0, 0.1) is 0 Å². The molecule has 0 aliphatic carbocycles. The molecule has 0 unspecified atom stereocenters. The van der Waals surface area contributed by atoms with Crippen molar-refractivity contribution in [2.24, 2.45) is 0 Å². The van der Waals surface area contributed by atoms with Crippen molar-refractivity contribution in [3.05, 3.63) is 89.5 Å². The third-order valence-corrected chi connectivity index (χ3v) is 4.66. The van der Waals surface area contributed by atoms with Crippen molar-refractivity contribution in [1.29, 1.82) is 0 Å². The number of para-hydroxylation sites is 2. The molecule has 4 heteroatoms. The van der Waals surface area contributed by atoms with Gasteiger partial charge >= 0.3 is 0 Å². The SMILES string of the molecule is CN(Cc1ccc(O)cc1)C(=O)C1c2ccccc2Oc2ccccc21. The van der Waals surface area contributed by atoms with Crippen LogP contribution in [0.15, 0.2) is 72.8 Å². The fraction of sp³-hybridized carbons (Fsp3) is 0.136. The second-order valence-electron chi connectivity index (χ2n) is 6.47. The summed E-state index contributed by atoms with van der Waals surface area (Å²) in [7, 11) is 1.80. The molecule has 0 bridgehead atoms. The Kier molecular flexibility index (Phi) is 4.09. The van der Waals surface area contributed by atoms with E-state index in [2.05, 4.69) is 0 Å². The predicted octanol–water partition coefficient (Wildman–Crippen LogP) is 4.29. The molecular formula is C22H19NO3. The number of likely N-dealkylation sites (N-methyl/N-ethyl adjacent to an activating group) is 1. The van der Waals surface area contributed by atoms with Gasteiger partial charge in [0, 0.05) is 24.7 Å². The van der Waals surface area contributed by atoms with Crippen LogP contribution in [0.1, 0.15) is 22.6 Å². The van der Waals surface area contributed by atoms with Gasteiger partial charge in [-0.1, -0.05) is 48.5 Å². The zero-order chi connectivity index (χ0) is 18.1. The third-order valence-electron chi connectivity index (χ3n) is 4.66. The van der Waals surface area contributed by atoms with Gasteiger partial charge in [-0.05, 0) is 29.8 Å². The number of nitrogens with zero attached hydrogens (tertiary/aromatic N) is 1. The van der Waals surface area contributed by atoms with Crippen molar-refractivity contribution in [3.63, 3.8) is 0 Å². The first kappa shape index (κ1) is 16.2. The average molecular weight is 345 g/mol. The lowest BCUT2D eigenvalue weighted by atomic mass is 9.87. The van der Waals surface area contributed by atoms with Gasteiger partial charge in [-0.2, -0.15) is 0 Å². The van der Waals surface area contributed by atoms with Gasteiger partial charge in [-0.15, -0.1) is 0 Å². The second kappa shape index (κ2) is 6.56. The van der Waals surface area contributed by atoms with E-state index in [1.165, 1.54) is 0 Å². The first-order chi connectivity index (χ1) is 12.6. The first-order valence-corrected chi connectivity index (χ1v) is 8.52. The number of phenols is 1. The summed E-state index contributed by atoms with van der Waals surface area (Å²) in [6.07, 6.45) is 0. The zero-order valence-corrected chi connectivity index (χ0v) is 14.4. The molecule has 1 amide bonds. The summed E-state index contributed by atoms with van der Waals surface area (Å²) in [6.45, 7) is 0.473.